The monoisotopic (exact) mass is 308 g/mol. The van der Waals surface area contributed by atoms with E-state index >= 15 is 0 Å². The molecule has 1 aromatic carbocycles. The number of thioether (sulfide) groups is 1. The van der Waals surface area contributed by atoms with Gasteiger partial charge in [0, 0.05) is 12.1 Å². The van der Waals surface area contributed by atoms with Gasteiger partial charge < -0.3 is 10.3 Å². The summed E-state index contributed by atoms with van der Waals surface area (Å²) < 4.78 is 5.17. The first kappa shape index (κ1) is 15.3. The molecule has 7 nitrogen and oxygen atoms in total. The molecular weight excluding hydrogens is 292 g/mol. The highest BCUT2D eigenvalue weighted by atomic mass is 32.2. The number of nitro groups is 1. The number of hydrogen-bond acceptors (Lipinski definition) is 7. The predicted molar refractivity (Wildman–Crippen MR) is 81.8 cm³/mol. The van der Waals surface area contributed by atoms with Crippen molar-refractivity contribution in [2.24, 2.45) is 5.92 Å². The summed E-state index contributed by atoms with van der Waals surface area (Å²) in [5.41, 5.74) is 6.49. The quantitative estimate of drug-likeness (QED) is 0.496. The van der Waals surface area contributed by atoms with E-state index < -0.39 is 4.92 Å². The van der Waals surface area contributed by atoms with Crippen LogP contribution in [0.15, 0.2) is 22.7 Å². The molecule has 8 heteroatoms. The summed E-state index contributed by atoms with van der Waals surface area (Å²) in [6.07, 6.45) is 0. The first-order chi connectivity index (χ1) is 9.97. The fraction of sp³-hybridized carbons (Fsp3) is 0.385. The van der Waals surface area contributed by atoms with Crippen molar-refractivity contribution < 1.29 is 9.45 Å². The van der Waals surface area contributed by atoms with Crippen molar-refractivity contribution in [1.82, 2.24) is 10.1 Å². The van der Waals surface area contributed by atoms with Crippen LogP contribution in [0.25, 0.3) is 11.5 Å². The number of nitrogens with two attached hydrogens (primary N) is 1. The van der Waals surface area contributed by atoms with E-state index in [9.17, 15) is 10.1 Å². The maximum absolute atomic E-state index is 10.7. The van der Waals surface area contributed by atoms with Gasteiger partial charge >= 0.3 is 0 Å². The zero-order chi connectivity index (χ0) is 15.4. The molecule has 0 spiro atoms. The van der Waals surface area contributed by atoms with Crippen LogP contribution in [0, 0.1) is 16.0 Å². The van der Waals surface area contributed by atoms with Crippen molar-refractivity contribution in [2.45, 2.75) is 19.6 Å². The molecule has 0 saturated carbocycles. The molecular formula is C13H16N4O3S. The van der Waals surface area contributed by atoms with Crippen molar-refractivity contribution >= 4 is 23.1 Å². The minimum absolute atomic E-state index is 0.0662. The van der Waals surface area contributed by atoms with Gasteiger partial charge in [0.1, 0.15) is 0 Å². The molecule has 0 saturated heterocycles. The highest BCUT2D eigenvalue weighted by Crippen LogP contribution is 2.28. The number of nitrogen functional groups attached to an aromatic ring is 1. The Bertz CT molecular complexity index is 642. The van der Waals surface area contributed by atoms with Gasteiger partial charge in [0.25, 0.3) is 11.6 Å². The molecule has 0 amide bonds. The zero-order valence-corrected chi connectivity index (χ0v) is 12.6. The minimum atomic E-state index is -0.498. The van der Waals surface area contributed by atoms with Crippen molar-refractivity contribution in [1.29, 1.82) is 0 Å². The van der Waals surface area contributed by atoms with Gasteiger partial charge in [0.2, 0.25) is 0 Å². The Kier molecular flexibility index (Phi) is 4.79. The molecule has 0 fully saturated rings. The highest BCUT2D eigenvalue weighted by molar-refractivity contribution is 7.98. The number of non-ortho nitro benzene ring substituents is 1. The number of hydrogen-bond donors (Lipinski definition) is 1. The molecule has 0 radical (unpaired) electrons. The van der Waals surface area contributed by atoms with Crippen LogP contribution in [-0.2, 0) is 5.75 Å². The number of benzene rings is 1. The second-order valence-electron chi connectivity index (χ2n) is 4.95. The summed E-state index contributed by atoms with van der Waals surface area (Å²) >= 11 is 1.73. The molecule has 112 valence electrons. The Balaban J connectivity index is 2.12. The number of anilines is 1. The third-order valence-corrected chi connectivity index (χ3v) is 3.99. The van der Waals surface area contributed by atoms with E-state index in [-0.39, 0.29) is 17.3 Å². The summed E-state index contributed by atoms with van der Waals surface area (Å²) in [5, 5.41) is 14.6. The summed E-state index contributed by atoms with van der Waals surface area (Å²) in [7, 11) is 0. The van der Waals surface area contributed by atoms with Crippen LogP contribution in [0.2, 0.25) is 0 Å². The standard InChI is InChI=1S/C13H16N4O3S/c1-8(2)6-21-7-12-15-13(20-16-12)10-4-3-9(17(18)19)5-11(10)14/h3-5,8H,6-7,14H2,1-2H3. The molecule has 1 aromatic heterocycles. The molecule has 0 aliphatic heterocycles. The van der Waals surface area contributed by atoms with E-state index in [1.807, 2.05) is 0 Å². The lowest BCUT2D eigenvalue weighted by Crippen LogP contribution is -1.95. The molecule has 2 aromatic rings. The number of aromatic nitrogens is 2. The topological polar surface area (TPSA) is 108 Å². The molecule has 21 heavy (non-hydrogen) atoms. The second-order valence-corrected chi connectivity index (χ2v) is 5.98. The normalized spacial score (nSPS) is 11.0. The Hall–Kier alpha value is -2.09. The van der Waals surface area contributed by atoms with Crippen LogP contribution in [-0.4, -0.2) is 20.8 Å². The molecule has 0 aliphatic rings. The lowest BCUT2D eigenvalue weighted by Gasteiger charge is -2.01. The van der Waals surface area contributed by atoms with Gasteiger partial charge in [-0.2, -0.15) is 16.7 Å². The van der Waals surface area contributed by atoms with Gasteiger partial charge in [-0.15, -0.1) is 0 Å². The van der Waals surface area contributed by atoms with Crippen LogP contribution in [0.3, 0.4) is 0 Å². The average Bonchev–Trinajstić information content (AvgIpc) is 2.86. The van der Waals surface area contributed by atoms with Crippen LogP contribution in [0.4, 0.5) is 11.4 Å². The molecule has 2 N–H and O–H groups in total. The first-order valence-corrected chi connectivity index (χ1v) is 7.57. The minimum Gasteiger partial charge on any atom is -0.398 e. The van der Waals surface area contributed by atoms with E-state index in [2.05, 4.69) is 24.0 Å². The van der Waals surface area contributed by atoms with Crippen LogP contribution in [0.5, 0.6) is 0 Å². The number of rotatable bonds is 6. The van der Waals surface area contributed by atoms with Crippen molar-refractivity contribution in [3.8, 4) is 11.5 Å². The maximum atomic E-state index is 10.7. The van der Waals surface area contributed by atoms with Crippen molar-refractivity contribution in [2.75, 3.05) is 11.5 Å². The third kappa shape index (κ3) is 3.94. The fourth-order valence-corrected chi connectivity index (χ4v) is 2.56. The van der Waals surface area contributed by atoms with Crippen LogP contribution >= 0.6 is 11.8 Å². The van der Waals surface area contributed by atoms with Crippen LogP contribution in [0.1, 0.15) is 19.7 Å². The van der Waals surface area contributed by atoms with E-state index in [0.717, 1.165) is 5.75 Å². The lowest BCUT2D eigenvalue weighted by atomic mass is 10.1. The second kappa shape index (κ2) is 6.57. The van der Waals surface area contributed by atoms with Gasteiger partial charge in [0.05, 0.1) is 21.9 Å². The van der Waals surface area contributed by atoms with Crippen LogP contribution < -0.4 is 5.73 Å². The Morgan fingerprint density at radius 2 is 2.24 bits per heavy atom. The molecule has 0 unspecified atom stereocenters. The van der Waals surface area contributed by atoms with Crippen molar-refractivity contribution in [3.05, 3.63) is 34.1 Å². The highest BCUT2D eigenvalue weighted by Gasteiger charge is 2.15. The maximum Gasteiger partial charge on any atom is 0.271 e. The molecule has 0 bridgehead atoms. The smallest absolute Gasteiger partial charge is 0.271 e. The van der Waals surface area contributed by atoms with Crippen molar-refractivity contribution in [3.63, 3.8) is 0 Å². The Morgan fingerprint density at radius 3 is 2.86 bits per heavy atom. The third-order valence-electron chi connectivity index (χ3n) is 2.63. The Labute approximate surface area is 126 Å². The van der Waals surface area contributed by atoms with Gasteiger partial charge in [0.15, 0.2) is 5.82 Å². The molecule has 2 rings (SSSR count). The van der Waals surface area contributed by atoms with E-state index in [0.29, 0.717) is 23.1 Å². The van der Waals surface area contributed by atoms with Gasteiger partial charge in [-0.3, -0.25) is 10.1 Å². The summed E-state index contributed by atoms with van der Waals surface area (Å²) in [5.74, 6) is 3.15. The molecule has 1 heterocycles. The molecule has 0 aliphatic carbocycles. The fourth-order valence-electron chi connectivity index (χ4n) is 1.67. The zero-order valence-electron chi connectivity index (χ0n) is 11.8. The van der Waals surface area contributed by atoms with Gasteiger partial charge in [-0.1, -0.05) is 19.0 Å². The first-order valence-electron chi connectivity index (χ1n) is 6.42. The van der Waals surface area contributed by atoms with Gasteiger partial charge in [-0.25, -0.2) is 0 Å². The SMILES string of the molecule is CC(C)CSCc1noc(-c2ccc([N+](=O)[O-])cc2N)n1. The van der Waals surface area contributed by atoms with Gasteiger partial charge in [-0.05, 0) is 17.7 Å². The largest absolute Gasteiger partial charge is 0.398 e. The van der Waals surface area contributed by atoms with E-state index in [1.54, 1.807) is 11.8 Å². The summed E-state index contributed by atoms with van der Waals surface area (Å²) in [6.45, 7) is 4.29. The summed E-state index contributed by atoms with van der Waals surface area (Å²) in [6, 6.07) is 4.17. The number of nitrogens with zero attached hydrogens (tertiary/aromatic N) is 3. The van der Waals surface area contributed by atoms with E-state index in [1.165, 1.54) is 18.2 Å². The molecule has 0 atom stereocenters. The number of nitro benzene ring substituents is 1. The summed E-state index contributed by atoms with van der Waals surface area (Å²) in [4.78, 5) is 14.4. The average molecular weight is 308 g/mol. The Morgan fingerprint density at radius 1 is 1.48 bits per heavy atom. The lowest BCUT2D eigenvalue weighted by molar-refractivity contribution is -0.384. The van der Waals surface area contributed by atoms with E-state index in [4.69, 9.17) is 10.3 Å². The predicted octanol–water partition coefficient (Wildman–Crippen LogP) is 3.12.